The van der Waals surface area contributed by atoms with E-state index in [4.69, 9.17) is 9.47 Å². The third-order valence-electron chi connectivity index (χ3n) is 4.56. The van der Waals surface area contributed by atoms with Crippen LogP contribution in [-0.4, -0.2) is 14.2 Å². The van der Waals surface area contributed by atoms with Gasteiger partial charge in [0.15, 0.2) is 23.1 Å². The minimum Gasteiger partial charge on any atom is -0.494 e. The van der Waals surface area contributed by atoms with Gasteiger partial charge in [0.2, 0.25) is 11.6 Å². The molecular formula is C22H18F4O2. The van der Waals surface area contributed by atoms with Gasteiger partial charge in [-0.15, -0.1) is 0 Å². The summed E-state index contributed by atoms with van der Waals surface area (Å²) in [6.07, 6.45) is 0.750. The summed E-state index contributed by atoms with van der Waals surface area (Å²) < 4.78 is 65.4. The molecule has 2 nitrogen and oxygen atoms in total. The molecule has 0 atom stereocenters. The van der Waals surface area contributed by atoms with Crippen molar-refractivity contribution in [1.29, 1.82) is 0 Å². The van der Waals surface area contributed by atoms with Crippen molar-refractivity contribution >= 4 is 0 Å². The minimum atomic E-state index is -1.04. The number of methoxy groups -OCH3 is 2. The fraction of sp³-hybridized carbons (Fsp3) is 0.182. The van der Waals surface area contributed by atoms with Crippen LogP contribution >= 0.6 is 0 Å². The number of hydrogen-bond acceptors (Lipinski definition) is 2. The van der Waals surface area contributed by atoms with Gasteiger partial charge in [0.05, 0.1) is 14.2 Å². The van der Waals surface area contributed by atoms with Gasteiger partial charge in [-0.2, -0.15) is 8.78 Å². The molecule has 0 saturated carbocycles. The zero-order chi connectivity index (χ0) is 20.3. The van der Waals surface area contributed by atoms with Gasteiger partial charge in [0, 0.05) is 5.56 Å². The molecule has 0 aliphatic carbocycles. The smallest absolute Gasteiger partial charge is 0.201 e. The summed E-state index contributed by atoms with van der Waals surface area (Å²) in [5.74, 6) is -4.26. The van der Waals surface area contributed by atoms with Crippen molar-refractivity contribution in [3.8, 4) is 22.6 Å². The Morgan fingerprint density at radius 1 is 0.607 bits per heavy atom. The SMILES string of the molecule is COc1ccc(CCc2ccc(-c3ccc(OC)c(F)c3F)cc2)c(F)c1F. The highest BCUT2D eigenvalue weighted by Crippen LogP contribution is 2.30. The summed E-state index contributed by atoms with van der Waals surface area (Å²) >= 11 is 0. The Hall–Kier alpha value is -3.02. The molecule has 3 aromatic carbocycles. The Labute approximate surface area is 160 Å². The van der Waals surface area contributed by atoms with Crippen LogP contribution in [0.3, 0.4) is 0 Å². The molecule has 0 aromatic heterocycles. The van der Waals surface area contributed by atoms with Crippen molar-refractivity contribution < 1.29 is 27.0 Å². The first kappa shape index (κ1) is 19.7. The van der Waals surface area contributed by atoms with Crippen LogP contribution in [0.5, 0.6) is 11.5 Å². The van der Waals surface area contributed by atoms with Crippen LogP contribution in [0.25, 0.3) is 11.1 Å². The second kappa shape index (κ2) is 8.33. The molecule has 146 valence electrons. The van der Waals surface area contributed by atoms with E-state index in [1.165, 1.54) is 38.5 Å². The van der Waals surface area contributed by atoms with E-state index in [2.05, 4.69) is 0 Å². The molecule has 0 heterocycles. The Morgan fingerprint density at radius 2 is 1.18 bits per heavy atom. The van der Waals surface area contributed by atoms with Crippen LogP contribution in [0.1, 0.15) is 11.1 Å². The summed E-state index contributed by atoms with van der Waals surface area (Å²) in [5.41, 5.74) is 1.72. The highest BCUT2D eigenvalue weighted by molar-refractivity contribution is 5.65. The minimum absolute atomic E-state index is 0.119. The number of hydrogen-bond donors (Lipinski definition) is 0. The fourth-order valence-electron chi connectivity index (χ4n) is 2.96. The summed E-state index contributed by atoms with van der Waals surface area (Å²) in [4.78, 5) is 0. The lowest BCUT2D eigenvalue weighted by molar-refractivity contribution is 0.370. The van der Waals surface area contributed by atoms with Gasteiger partial charge in [-0.3, -0.25) is 0 Å². The van der Waals surface area contributed by atoms with Crippen LogP contribution in [0.4, 0.5) is 17.6 Å². The van der Waals surface area contributed by atoms with E-state index in [9.17, 15) is 17.6 Å². The van der Waals surface area contributed by atoms with Crippen LogP contribution in [-0.2, 0) is 12.8 Å². The zero-order valence-corrected chi connectivity index (χ0v) is 15.4. The first-order valence-electron chi connectivity index (χ1n) is 8.58. The van der Waals surface area contributed by atoms with Gasteiger partial charge in [-0.1, -0.05) is 30.3 Å². The van der Waals surface area contributed by atoms with E-state index in [1.807, 2.05) is 0 Å². The van der Waals surface area contributed by atoms with E-state index < -0.39 is 23.3 Å². The lowest BCUT2D eigenvalue weighted by Gasteiger charge is -2.10. The molecule has 0 fully saturated rings. The second-order valence-electron chi connectivity index (χ2n) is 6.20. The number of benzene rings is 3. The average Bonchev–Trinajstić information content (AvgIpc) is 2.72. The second-order valence-corrected chi connectivity index (χ2v) is 6.20. The standard InChI is InChI=1S/C22H18F4O2/c1-27-17-11-9-15(19(23)21(17)25)8-5-13-3-6-14(7-4-13)16-10-12-18(28-2)22(26)20(16)24/h3-4,6-7,9-12H,5,8H2,1-2H3. The third-order valence-corrected chi connectivity index (χ3v) is 4.56. The Kier molecular flexibility index (Phi) is 5.87. The maximum absolute atomic E-state index is 14.2. The average molecular weight is 390 g/mol. The van der Waals surface area contributed by atoms with Gasteiger partial charge in [-0.25, -0.2) is 8.78 Å². The van der Waals surface area contributed by atoms with E-state index in [1.54, 1.807) is 24.3 Å². The molecule has 0 radical (unpaired) electrons. The lowest BCUT2D eigenvalue weighted by Crippen LogP contribution is -2.00. The first-order valence-corrected chi connectivity index (χ1v) is 8.58. The summed E-state index contributed by atoms with van der Waals surface area (Å²) in [7, 11) is 2.54. The van der Waals surface area contributed by atoms with Crippen molar-refractivity contribution in [2.24, 2.45) is 0 Å². The maximum atomic E-state index is 14.2. The van der Waals surface area contributed by atoms with Gasteiger partial charge in [0.25, 0.3) is 0 Å². The van der Waals surface area contributed by atoms with E-state index in [0.29, 0.717) is 12.0 Å². The predicted molar refractivity (Wildman–Crippen MR) is 98.7 cm³/mol. The van der Waals surface area contributed by atoms with Crippen molar-refractivity contribution in [2.45, 2.75) is 12.8 Å². The molecule has 0 aliphatic heterocycles. The molecule has 0 unspecified atom stereocenters. The van der Waals surface area contributed by atoms with Crippen LogP contribution in [0, 0.1) is 23.3 Å². The van der Waals surface area contributed by atoms with Gasteiger partial charge < -0.3 is 9.47 Å². The number of ether oxygens (including phenoxy) is 2. The number of rotatable bonds is 6. The quantitative estimate of drug-likeness (QED) is 0.502. The fourth-order valence-corrected chi connectivity index (χ4v) is 2.96. The first-order chi connectivity index (χ1) is 13.5. The topological polar surface area (TPSA) is 18.5 Å². The highest BCUT2D eigenvalue weighted by atomic mass is 19.2. The third kappa shape index (κ3) is 3.81. The van der Waals surface area contributed by atoms with Crippen LogP contribution in [0.15, 0.2) is 48.5 Å². The molecule has 0 aliphatic rings. The Bertz CT molecular complexity index is 985. The molecule has 0 saturated heterocycles. The summed E-state index contributed by atoms with van der Waals surface area (Å²) in [6, 6.07) is 12.5. The van der Waals surface area contributed by atoms with Crippen molar-refractivity contribution in [1.82, 2.24) is 0 Å². The largest absolute Gasteiger partial charge is 0.494 e. The van der Waals surface area contributed by atoms with Gasteiger partial charge in [0.1, 0.15) is 0 Å². The van der Waals surface area contributed by atoms with E-state index in [-0.39, 0.29) is 29.0 Å². The molecule has 3 rings (SSSR count). The predicted octanol–water partition coefficient (Wildman–Crippen LogP) is 5.71. The molecule has 0 spiro atoms. The van der Waals surface area contributed by atoms with Crippen LogP contribution in [0.2, 0.25) is 0 Å². The number of aryl methyl sites for hydroxylation is 2. The summed E-state index contributed by atoms with van der Waals surface area (Å²) in [5, 5.41) is 0. The van der Waals surface area contributed by atoms with E-state index >= 15 is 0 Å². The molecule has 0 N–H and O–H groups in total. The van der Waals surface area contributed by atoms with Crippen LogP contribution < -0.4 is 9.47 Å². The van der Waals surface area contributed by atoms with Gasteiger partial charge >= 0.3 is 0 Å². The molecule has 28 heavy (non-hydrogen) atoms. The lowest BCUT2D eigenvalue weighted by atomic mass is 9.99. The zero-order valence-electron chi connectivity index (χ0n) is 15.4. The molecule has 6 heteroatoms. The summed E-state index contributed by atoms with van der Waals surface area (Å²) in [6.45, 7) is 0. The van der Waals surface area contributed by atoms with Crippen molar-refractivity contribution in [3.63, 3.8) is 0 Å². The Balaban J connectivity index is 1.76. The van der Waals surface area contributed by atoms with E-state index in [0.717, 1.165) is 5.56 Å². The molecular weight excluding hydrogens is 372 g/mol. The highest BCUT2D eigenvalue weighted by Gasteiger charge is 2.16. The molecule has 3 aromatic rings. The number of halogens is 4. The van der Waals surface area contributed by atoms with Crippen molar-refractivity contribution in [2.75, 3.05) is 14.2 Å². The normalized spacial score (nSPS) is 10.8. The monoisotopic (exact) mass is 390 g/mol. The molecule has 0 amide bonds. The van der Waals surface area contributed by atoms with Gasteiger partial charge in [-0.05, 0) is 47.7 Å². The molecule has 0 bridgehead atoms. The van der Waals surface area contributed by atoms with Crippen molar-refractivity contribution in [3.05, 3.63) is 82.9 Å². The maximum Gasteiger partial charge on any atom is 0.201 e. The Morgan fingerprint density at radius 3 is 1.79 bits per heavy atom.